The summed E-state index contributed by atoms with van der Waals surface area (Å²) < 4.78 is 3.64. The van der Waals surface area contributed by atoms with Gasteiger partial charge in [-0.25, -0.2) is 9.97 Å². The molecule has 10 rings (SSSR count). The molecule has 7 aromatic carbocycles. The number of fused-ring (bicyclic) bond motifs is 9. The van der Waals surface area contributed by atoms with E-state index in [2.05, 4.69) is 169 Å². The SMILES string of the molecule is Cc1ccc2c(n1)sc1c(-c3nc4c5ccccc5c5ccccc5c4n3-c3cc(-c4ccccc4)ccc3-c3ccccc3)cccc12. The lowest BCUT2D eigenvalue weighted by atomic mass is 9.97. The molecule has 0 radical (unpaired) electrons. The summed E-state index contributed by atoms with van der Waals surface area (Å²) in [6.45, 7) is 2.06. The van der Waals surface area contributed by atoms with Crippen molar-refractivity contribution in [2.24, 2.45) is 0 Å². The Morgan fingerprint density at radius 2 is 1.12 bits per heavy atom. The third-order valence-corrected chi connectivity index (χ3v) is 10.9. The number of nitrogens with zero attached hydrogens (tertiary/aromatic N) is 3. The van der Waals surface area contributed by atoms with Crippen molar-refractivity contribution >= 4 is 64.2 Å². The molecule has 230 valence electrons. The molecule has 0 aliphatic carbocycles. The second kappa shape index (κ2) is 11.0. The Labute approximate surface area is 287 Å². The van der Waals surface area contributed by atoms with Crippen LogP contribution in [-0.4, -0.2) is 14.5 Å². The van der Waals surface area contributed by atoms with Crippen LogP contribution in [0.1, 0.15) is 5.69 Å². The van der Waals surface area contributed by atoms with Crippen molar-refractivity contribution in [1.29, 1.82) is 0 Å². The molecule has 0 fully saturated rings. The van der Waals surface area contributed by atoms with Crippen molar-refractivity contribution in [1.82, 2.24) is 14.5 Å². The quantitative estimate of drug-likeness (QED) is 0.179. The zero-order valence-corrected chi connectivity index (χ0v) is 27.6. The Bertz CT molecular complexity index is 2880. The summed E-state index contributed by atoms with van der Waals surface area (Å²) in [5, 5.41) is 7.15. The van der Waals surface area contributed by atoms with Crippen LogP contribution in [-0.2, 0) is 0 Å². The number of benzene rings is 7. The average molecular weight is 644 g/mol. The van der Waals surface area contributed by atoms with Crippen molar-refractivity contribution in [2.45, 2.75) is 6.92 Å². The Hall–Kier alpha value is -6.10. The molecular formula is C45H29N3S. The predicted molar refractivity (Wildman–Crippen MR) is 208 cm³/mol. The average Bonchev–Trinajstić information content (AvgIpc) is 3.74. The standard InChI is InChI=1S/C45H29N3S/c1-28-23-25-38-37-21-12-22-39(43(37)49-45(38)46-28)44-47-41-35-19-10-8-17-33(35)34-18-9-11-20-36(34)42(41)48(44)40-27-31(29-13-4-2-5-14-29)24-26-32(40)30-15-6-3-7-16-30/h2-27H,1H3. The highest BCUT2D eigenvalue weighted by molar-refractivity contribution is 7.26. The van der Waals surface area contributed by atoms with Crippen molar-refractivity contribution in [3.63, 3.8) is 0 Å². The molecule has 0 aliphatic rings. The first-order valence-corrected chi connectivity index (χ1v) is 17.4. The van der Waals surface area contributed by atoms with Crippen LogP contribution in [0.25, 0.3) is 92.2 Å². The summed E-state index contributed by atoms with van der Waals surface area (Å²) in [5.74, 6) is 0.924. The Morgan fingerprint density at radius 3 is 1.90 bits per heavy atom. The molecular weight excluding hydrogens is 615 g/mol. The minimum absolute atomic E-state index is 0.924. The molecule has 3 aromatic heterocycles. The first-order chi connectivity index (χ1) is 24.2. The number of rotatable bonds is 4. The molecule has 3 heterocycles. The maximum atomic E-state index is 5.66. The predicted octanol–water partition coefficient (Wildman–Crippen LogP) is 12.4. The van der Waals surface area contributed by atoms with Gasteiger partial charge < -0.3 is 0 Å². The second-order valence-electron chi connectivity index (χ2n) is 12.6. The summed E-state index contributed by atoms with van der Waals surface area (Å²) in [4.78, 5) is 11.7. The van der Waals surface area contributed by atoms with E-state index >= 15 is 0 Å². The minimum Gasteiger partial charge on any atom is -0.291 e. The number of imidazole rings is 1. The topological polar surface area (TPSA) is 30.7 Å². The molecule has 0 saturated carbocycles. The zero-order valence-electron chi connectivity index (χ0n) is 26.8. The molecule has 0 amide bonds. The van der Waals surface area contributed by atoms with Crippen molar-refractivity contribution in [3.05, 3.63) is 163 Å². The van der Waals surface area contributed by atoms with Crippen molar-refractivity contribution in [2.75, 3.05) is 0 Å². The van der Waals surface area contributed by atoms with Gasteiger partial charge in [-0.15, -0.1) is 11.3 Å². The van der Waals surface area contributed by atoms with Gasteiger partial charge in [-0.05, 0) is 58.7 Å². The van der Waals surface area contributed by atoms with Gasteiger partial charge in [0.1, 0.15) is 10.7 Å². The maximum Gasteiger partial charge on any atom is 0.147 e. The number of hydrogen-bond acceptors (Lipinski definition) is 3. The van der Waals surface area contributed by atoms with Gasteiger partial charge in [0.25, 0.3) is 0 Å². The van der Waals surface area contributed by atoms with E-state index in [0.29, 0.717) is 0 Å². The smallest absolute Gasteiger partial charge is 0.147 e. The fourth-order valence-corrected chi connectivity index (χ4v) is 8.68. The fourth-order valence-electron chi connectivity index (χ4n) is 7.46. The van der Waals surface area contributed by atoms with E-state index < -0.39 is 0 Å². The molecule has 0 bridgehead atoms. The van der Waals surface area contributed by atoms with E-state index in [1.54, 1.807) is 11.3 Å². The van der Waals surface area contributed by atoms with Crippen LogP contribution in [0.2, 0.25) is 0 Å². The second-order valence-corrected chi connectivity index (χ2v) is 13.6. The minimum atomic E-state index is 0.924. The molecule has 10 aromatic rings. The van der Waals surface area contributed by atoms with Crippen LogP contribution in [0.3, 0.4) is 0 Å². The van der Waals surface area contributed by atoms with Gasteiger partial charge in [0.2, 0.25) is 0 Å². The normalized spacial score (nSPS) is 11.8. The zero-order chi connectivity index (χ0) is 32.5. The highest BCUT2D eigenvalue weighted by Crippen LogP contribution is 2.45. The highest BCUT2D eigenvalue weighted by Gasteiger charge is 2.24. The van der Waals surface area contributed by atoms with Crippen LogP contribution in [0.4, 0.5) is 0 Å². The lowest BCUT2D eigenvalue weighted by molar-refractivity contribution is 1.11. The summed E-state index contributed by atoms with van der Waals surface area (Å²) in [7, 11) is 0. The van der Waals surface area contributed by atoms with Crippen LogP contribution in [0, 0.1) is 6.92 Å². The van der Waals surface area contributed by atoms with Crippen LogP contribution >= 0.6 is 11.3 Å². The number of thiophene rings is 1. The number of hydrogen-bond donors (Lipinski definition) is 0. The van der Waals surface area contributed by atoms with E-state index in [0.717, 1.165) is 60.7 Å². The Balaban J connectivity index is 1.42. The molecule has 3 nitrogen and oxygen atoms in total. The molecule has 0 N–H and O–H groups in total. The van der Waals surface area contributed by atoms with Gasteiger partial charge >= 0.3 is 0 Å². The molecule has 4 heteroatoms. The van der Waals surface area contributed by atoms with Gasteiger partial charge in [-0.2, -0.15) is 0 Å². The van der Waals surface area contributed by atoms with Gasteiger partial charge in [0, 0.05) is 43.1 Å². The number of aryl methyl sites for hydroxylation is 1. The largest absolute Gasteiger partial charge is 0.291 e. The van der Waals surface area contributed by atoms with Crippen LogP contribution < -0.4 is 0 Å². The molecule has 0 atom stereocenters. The van der Waals surface area contributed by atoms with Gasteiger partial charge in [0.05, 0.1) is 16.7 Å². The lowest BCUT2D eigenvalue weighted by Gasteiger charge is -2.18. The summed E-state index contributed by atoms with van der Waals surface area (Å²) >= 11 is 1.75. The van der Waals surface area contributed by atoms with Gasteiger partial charge in [-0.1, -0.05) is 133 Å². The van der Waals surface area contributed by atoms with E-state index in [9.17, 15) is 0 Å². The Kier molecular flexibility index (Phi) is 6.27. The summed E-state index contributed by atoms with van der Waals surface area (Å²) in [6, 6.07) is 56.7. The van der Waals surface area contributed by atoms with Gasteiger partial charge in [-0.3, -0.25) is 4.57 Å². The molecule has 0 unspecified atom stereocenters. The number of pyridine rings is 1. The lowest BCUT2D eigenvalue weighted by Crippen LogP contribution is -2.01. The van der Waals surface area contributed by atoms with E-state index in [1.807, 2.05) is 0 Å². The highest BCUT2D eigenvalue weighted by atomic mass is 32.1. The van der Waals surface area contributed by atoms with E-state index in [4.69, 9.17) is 9.97 Å². The first kappa shape index (κ1) is 28.0. The number of aromatic nitrogens is 3. The van der Waals surface area contributed by atoms with Crippen LogP contribution in [0.5, 0.6) is 0 Å². The maximum absolute atomic E-state index is 5.66. The Morgan fingerprint density at radius 1 is 0.469 bits per heavy atom. The molecule has 0 spiro atoms. The van der Waals surface area contributed by atoms with E-state index in [1.165, 1.54) is 37.2 Å². The van der Waals surface area contributed by atoms with Crippen LogP contribution in [0.15, 0.2) is 158 Å². The summed E-state index contributed by atoms with van der Waals surface area (Å²) in [5.41, 5.74) is 9.98. The third kappa shape index (κ3) is 4.35. The first-order valence-electron chi connectivity index (χ1n) is 16.6. The van der Waals surface area contributed by atoms with E-state index in [-0.39, 0.29) is 0 Å². The summed E-state index contributed by atoms with van der Waals surface area (Å²) in [6.07, 6.45) is 0. The molecule has 49 heavy (non-hydrogen) atoms. The monoisotopic (exact) mass is 643 g/mol. The van der Waals surface area contributed by atoms with Crippen molar-refractivity contribution < 1.29 is 0 Å². The third-order valence-electron chi connectivity index (χ3n) is 9.71. The fraction of sp³-hybridized carbons (Fsp3) is 0.0222. The molecule has 0 aliphatic heterocycles. The molecule has 0 saturated heterocycles. The van der Waals surface area contributed by atoms with Gasteiger partial charge in [0.15, 0.2) is 0 Å². The van der Waals surface area contributed by atoms with Crippen molar-refractivity contribution in [3.8, 4) is 39.3 Å².